The fraction of sp³-hybridized carbons (Fsp3) is 0.900. The summed E-state index contributed by atoms with van der Waals surface area (Å²) in [7, 11) is -4.64. The Morgan fingerprint density at radius 3 is 1.79 bits per heavy atom. The van der Waals surface area contributed by atoms with Crippen molar-refractivity contribution in [3.8, 4) is 0 Å². The van der Waals surface area contributed by atoms with Gasteiger partial charge in [0, 0.05) is 6.04 Å². The van der Waals surface area contributed by atoms with Crippen molar-refractivity contribution in [1.29, 1.82) is 0 Å². The van der Waals surface area contributed by atoms with Gasteiger partial charge in [0.05, 0.1) is 6.61 Å². The second-order valence-corrected chi connectivity index (χ2v) is 5.12. The van der Waals surface area contributed by atoms with Gasteiger partial charge in [0.25, 0.3) is 0 Å². The highest BCUT2D eigenvalue weighted by Gasteiger charge is 2.17. The summed E-state index contributed by atoms with van der Waals surface area (Å²) in [4.78, 5) is 32.4. The van der Waals surface area contributed by atoms with Gasteiger partial charge in [0.2, 0.25) is 5.91 Å². The lowest BCUT2D eigenvalue weighted by Crippen LogP contribution is -2.48. The van der Waals surface area contributed by atoms with Gasteiger partial charge in [-0.1, -0.05) is 26.7 Å². The number of carbonyl (C=O) groups is 1. The number of hydrogen-bond donors (Lipinski definition) is 6. The molecule has 0 fully saturated rings. The van der Waals surface area contributed by atoms with Crippen molar-refractivity contribution in [3.63, 3.8) is 0 Å². The van der Waals surface area contributed by atoms with E-state index < -0.39 is 19.8 Å². The normalized spacial score (nSPS) is 12.8. The first-order valence-electron chi connectivity index (χ1n) is 6.10. The summed E-state index contributed by atoms with van der Waals surface area (Å²) >= 11 is 0. The Hall–Kier alpha value is -0.500. The molecule has 0 rings (SSSR count). The zero-order valence-electron chi connectivity index (χ0n) is 11.3. The molecule has 8 nitrogen and oxygen atoms in total. The lowest BCUT2D eigenvalue weighted by atomic mass is 10.1. The maximum Gasteiger partial charge on any atom is 0.466 e. The number of amides is 1. The molecule has 1 amide bonds. The number of rotatable bonds is 8. The smallest absolute Gasteiger partial charge is 0.394 e. The third-order valence-corrected chi connectivity index (χ3v) is 2.24. The third kappa shape index (κ3) is 17.5. The molecule has 7 N–H and O–H groups in total. The molecule has 0 aliphatic rings. The third-order valence-electron chi connectivity index (χ3n) is 2.24. The first kappa shape index (κ1) is 20.8. The van der Waals surface area contributed by atoms with E-state index in [1.54, 1.807) is 0 Å². The van der Waals surface area contributed by atoms with Crippen LogP contribution in [-0.4, -0.2) is 44.4 Å². The van der Waals surface area contributed by atoms with Crippen molar-refractivity contribution < 1.29 is 29.1 Å². The predicted molar refractivity (Wildman–Crippen MR) is 71.1 cm³/mol. The van der Waals surface area contributed by atoms with Gasteiger partial charge in [0.1, 0.15) is 6.04 Å². The first-order chi connectivity index (χ1) is 8.65. The lowest BCUT2D eigenvalue weighted by molar-refractivity contribution is -0.121. The average molecular weight is 300 g/mol. The molecule has 1 atom stereocenters. The summed E-state index contributed by atoms with van der Waals surface area (Å²) in [6.45, 7) is 3.98. The van der Waals surface area contributed by atoms with E-state index in [0.717, 1.165) is 25.7 Å². The van der Waals surface area contributed by atoms with E-state index in [9.17, 15) is 4.79 Å². The second-order valence-electron chi connectivity index (χ2n) is 4.09. The van der Waals surface area contributed by atoms with Gasteiger partial charge < -0.3 is 30.8 Å². The number of nitrogens with two attached hydrogens (primary N) is 1. The number of hydrogen-bond acceptors (Lipinski definition) is 4. The molecule has 0 aromatic carbocycles. The van der Waals surface area contributed by atoms with Crippen LogP contribution in [0.2, 0.25) is 0 Å². The van der Waals surface area contributed by atoms with Crippen molar-refractivity contribution in [2.24, 2.45) is 5.73 Å². The number of primary amides is 1. The number of phosphoric acid groups is 1. The van der Waals surface area contributed by atoms with Crippen molar-refractivity contribution >= 4 is 13.7 Å². The number of aliphatic hydroxyl groups excluding tert-OH is 1. The molecule has 0 saturated carbocycles. The van der Waals surface area contributed by atoms with Crippen molar-refractivity contribution in [2.75, 3.05) is 6.61 Å². The van der Waals surface area contributed by atoms with Gasteiger partial charge in [-0.15, -0.1) is 0 Å². The summed E-state index contributed by atoms with van der Waals surface area (Å²) in [5.41, 5.74) is 5.13. The first-order valence-corrected chi connectivity index (χ1v) is 7.66. The predicted octanol–water partition coefficient (Wildman–Crippen LogP) is -0.538. The fourth-order valence-electron chi connectivity index (χ4n) is 1.52. The zero-order chi connectivity index (χ0) is 15.5. The average Bonchev–Trinajstić information content (AvgIpc) is 2.23. The molecule has 0 spiro atoms. The summed E-state index contributed by atoms with van der Waals surface area (Å²) in [6, 6.07) is -0.312. The maximum absolute atomic E-state index is 10.9. The van der Waals surface area contributed by atoms with Crippen LogP contribution in [-0.2, 0) is 9.36 Å². The number of aliphatic hydroxyl groups is 1. The Balaban J connectivity index is 0. The van der Waals surface area contributed by atoms with Gasteiger partial charge in [-0.25, -0.2) is 4.57 Å². The molecular weight excluding hydrogens is 275 g/mol. The van der Waals surface area contributed by atoms with Crippen LogP contribution >= 0.6 is 7.82 Å². The van der Waals surface area contributed by atoms with Gasteiger partial charge in [0.15, 0.2) is 0 Å². The monoisotopic (exact) mass is 300 g/mol. The zero-order valence-corrected chi connectivity index (χ0v) is 12.2. The highest BCUT2D eigenvalue weighted by Crippen LogP contribution is 2.25. The van der Waals surface area contributed by atoms with Crippen LogP contribution in [0.25, 0.3) is 0 Å². The number of nitrogens with one attached hydrogen (secondary N) is 1. The minimum atomic E-state index is -4.64. The van der Waals surface area contributed by atoms with E-state index in [1.165, 1.54) is 0 Å². The van der Waals surface area contributed by atoms with E-state index in [-0.39, 0.29) is 12.6 Å². The SMILES string of the molecule is CCCC(CCC)N[C@H](CO)C(N)=O.O=P(O)(O)O. The van der Waals surface area contributed by atoms with E-state index >= 15 is 0 Å². The van der Waals surface area contributed by atoms with Crippen LogP contribution in [0.15, 0.2) is 0 Å². The van der Waals surface area contributed by atoms with Crippen LogP contribution < -0.4 is 11.1 Å². The summed E-state index contributed by atoms with van der Waals surface area (Å²) in [6.07, 6.45) is 4.15. The Morgan fingerprint density at radius 1 is 1.21 bits per heavy atom. The molecule has 0 bridgehead atoms. The maximum atomic E-state index is 10.9. The van der Waals surface area contributed by atoms with E-state index in [4.69, 9.17) is 30.1 Å². The molecule has 9 heteroatoms. The van der Waals surface area contributed by atoms with Gasteiger partial charge in [-0.05, 0) is 12.8 Å². The topological polar surface area (TPSA) is 153 Å². The Labute approximate surface area is 113 Å². The molecule has 19 heavy (non-hydrogen) atoms. The molecule has 0 aromatic rings. The highest BCUT2D eigenvalue weighted by atomic mass is 31.2. The molecule has 0 unspecified atom stereocenters. The van der Waals surface area contributed by atoms with Gasteiger partial charge >= 0.3 is 7.82 Å². The Bertz CT molecular complexity index is 269. The molecule has 0 heterocycles. The highest BCUT2D eigenvalue weighted by molar-refractivity contribution is 7.45. The van der Waals surface area contributed by atoms with Crippen LogP contribution in [0.3, 0.4) is 0 Å². The van der Waals surface area contributed by atoms with Crippen molar-refractivity contribution in [2.45, 2.75) is 51.6 Å². The standard InChI is InChI=1S/C10H22N2O2.H3O4P/c1-3-5-8(6-4-2)12-9(7-13)10(11)14;1-5(2,3)4/h8-9,12-13H,3-7H2,1-2H3,(H2,11,14);(H3,1,2,3,4)/t9-;/m1./s1. The van der Waals surface area contributed by atoms with Gasteiger partial charge in [-0.2, -0.15) is 0 Å². The summed E-state index contributed by atoms with van der Waals surface area (Å²) in [5, 5.41) is 12.0. The van der Waals surface area contributed by atoms with Crippen LogP contribution in [0.4, 0.5) is 0 Å². The molecule has 0 aromatic heterocycles. The molecule has 0 saturated heterocycles. The van der Waals surface area contributed by atoms with E-state index in [1.807, 2.05) is 0 Å². The summed E-state index contributed by atoms with van der Waals surface area (Å²) in [5.74, 6) is -0.482. The van der Waals surface area contributed by atoms with E-state index in [2.05, 4.69) is 19.2 Å². The Kier molecular flexibility index (Phi) is 12.4. The molecule has 0 aliphatic carbocycles. The molecule has 0 aliphatic heterocycles. The second kappa shape index (κ2) is 11.3. The van der Waals surface area contributed by atoms with Crippen LogP contribution in [0.5, 0.6) is 0 Å². The van der Waals surface area contributed by atoms with E-state index in [0.29, 0.717) is 0 Å². The number of carbonyl (C=O) groups excluding carboxylic acids is 1. The van der Waals surface area contributed by atoms with Crippen LogP contribution in [0, 0.1) is 0 Å². The van der Waals surface area contributed by atoms with Crippen LogP contribution in [0.1, 0.15) is 39.5 Å². The molecular formula is C10H25N2O6P. The molecule has 116 valence electrons. The lowest BCUT2D eigenvalue weighted by Gasteiger charge is -2.21. The largest absolute Gasteiger partial charge is 0.466 e. The van der Waals surface area contributed by atoms with Gasteiger partial charge in [-0.3, -0.25) is 4.79 Å². The molecule has 0 radical (unpaired) electrons. The minimum absolute atomic E-state index is 0.223. The minimum Gasteiger partial charge on any atom is -0.394 e. The summed E-state index contributed by atoms with van der Waals surface area (Å²) < 4.78 is 8.88. The quantitative estimate of drug-likeness (QED) is 0.329. The van der Waals surface area contributed by atoms with Crippen molar-refractivity contribution in [1.82, 2.24) is 5.32 Å². The Morgan fingerprint density at radius 2 is 1.58 bits per heavy atom. The fourth-order valence-corrected chi connectivity index (χ4v) is 1.52. The van der Waals surface area contributed by atoms with Crippen molar-refractivity contribution in [3.05, 3.63) is 0 Å².